The summed E-state index contributed by atoms with van der Waals surface area (Å²) >= 11 is 0. The van der Waals surface area contributed by atoms with Gasteiger partial charge >= 0.3 is 5.97 Å². The largest absolute Gasteiger partial charge is 0.477 e. The molecule has 0 spiro atoms. The molecule has 0 radical (unpaired) electrons. The third-order valence-corrected chi connectivity index (χ3v) is 5.94. The average Bonchev–Trinajstić information content (AvgIpc) is 3.43. The molecule has 1 aliphatic heterocycles. The smallest absolute Gasteiger partial charge is 0.341 e. The number of carbonyl (C=O) groups is 1. The Morgan fingerprint density at radius 2 is 2.04 bits per heavy atom. The van der Waals surface area contributed by atoms with Crippen molar-refractivity contribution in [3.63, 3.8) is 0 Å². The van der Waals surface area contributed by atoms with Crippen LogP contribution in [0.15, 0.2) is 17.1 Å². The van der Waals surface area contributed by atoms with Crippen LogP contribution in [-0.4, -0.2) is 34.8 Å². The molecule has 1 saturated heterocycles. The summed E-state index contributed by atoms with van der Waals surface area (Å²) in [6.07, 6.45) is 4.07. The van der Waals surface area contributed by atoms with Gasteiger partial charge in [0.25, 0.3) is 0 Å². The predicted octanol–water partition coefficient (Wildman–Crippen LogP) is 2.66. The van der Waals surface area contributed by atoms with Gasteiger partial charge in [-0.25, -0.2) is 9.18 Å². The van der Waals surface area contributed by atoms with E-state index in [0.29, 0.717) is 29.9 Å². The highest BCUT2D eigenvalue weighted by atomic mass is 19.1. The van der Waals surface area contributed by atoms with Gasteiger partial charge in [-0.1, -0.05) is 6.92 Å². The van der Waals surface area contributed by atoms with Gasteiger partial charge in [-0.05, 0) is 43.7 Å². The first-order valence-electron chi connectivity index (χ1n) is 9.41. The van der Waals surface area contributed by atoms with Crippen molar-refractivity contribution in [3.05, 3.63) is 39.4 Å². The molecule has 6 nitrogen and oxygen atoms in total. The lowest BCUT2D eigenvalue weighted by Crippen LogP contribution is -2.46. The molecular weight excluding hydrogens is 349 g/mol. The van der Waals surface area contributed by atoms with Crippen molar-refractivity contribution in [1.29, 1.82) is 0 Å². The van der Waals surface area contributed by atoms with Crippen molar-refractivity contribution in [1.82, 2.24) is 4.57 Å². The Bertz CT molecular complexity index is 996. The number of halogens is 1. The van der Waals surface area contributed by atoms with Gasteiger partial charge in [0.15, 0.2) is 0 Å². The molecule has 0 unspecified atom stereocenters. The van der Waals surface area contributed by atoms with Crippen LogP contribution >= 0.6 is 0 Å². The first-order valence-corrected chi connectivity index (χ1v) is 9.41. The lowest BCUT2D eigenvalue weighted by atomic mass is 9.93. The number of aryl methyl sites for hydroxylation is 1. The van der Waals surface area contributed by atoms with Gasteiger partial charge in [-0.15, -0.1) is 0 Å². The van der Waals surface area contributed by atoms with Gasteiger partial charge in [0.05, 0.1) is 11.2 Å². The quantitative estimate of drug-likeness (QED) is 0.863. The Morgan fingerprint density at radius 3 is 2.63 bits per heavy atom. The zero-order chi connectivity index (χ0) is 19.5. The third kappa shape index (κ3) is 2.90. The summed E-state index contributed by atoms with van der Waals surface area (Å²) in [7, 11) is 0. The van der Waals surface area contributed by atoms with Crippen LogP contribution in [0.3, 0.4) is 0 Å². The lowest BCUT2D eigenvalue weighted by Gasteiger charge is -2.37. The molecule has 2 aromatic rings. The fourth-order valence-electron chi connectivity index (χ4n) is 4.22. The Morgan fingerprint density at radius 1 is 1.33 bits per heavy atom. The van der Waals surface area contributed by atoms with E-state index in [1.165, 1.54) is 12.3 Å². The number of anilines is 1. The zero-order valence-electron chi connectivity index (χ0n) is 15.5. The van der Waals surface area contributed by atoms with Gasteiger partial charge in [-0.2, -0.15) is 0 Å². The molecule has 27 heavy (non-hydrogen) atoms. The van der Waals surface area contributed by atoms with Crippen molar-refractivity contribution in [2.24, 2.45) is 11.7 Å². The number of pyridine rings is 1. The Hall–Kier alpha value is -2.41. The summed E-state index contributed by atoms with van der Waals surface area (Å²) in [6, 6.07) is 1.48. The van der Waals surface area contributed by atoms with E-state index in [-0.39, 0.29) is 29.0 Å². The van der Waals surface area contributed by atoms with Crippen molar-refractivity contribution >= 4 is 22.6 Å². The third-order valence-electron chi connectivity index (χ3n) is 5.94. The van der Waals surface area contributed by atoms with E-state index in [1.54, 1.807) is 0 Å². The van der Waals surface area contributed by atoms with Crippen molar-refractivity contribution < 1.29 is 14.3 Å². The van der Waals surface area contributed by atoms with E-state index in [0.717, 1.165) is 19.3 Å². The number of hydrogen-bond donors (Lipinski definition) is 2. The lowest BCUT2D eigenvalue weighted by molar-refractivity contribution is 0.0695. The molecular formula is C20H24FN3O3. The predicted molar refractivity (Wildman–Crippen MR) is 102 cm³/mol. The van der Waals surface area contributed by atoms with Crippen LogP contribution in [0.25, 0.3) is 10.9 Å². The van der Waals surface area contributed by atoms with Crippen LogP contribution in [0.4, 0.5) is 10.1 Å². The summed E-state index contributed by atoms with van der Waals surface area (Å²) < 4.78 is 16.9. The Labute approximate surface area is 156 Å². The highest BCUT2D eigenvalue weighted by Crippen LogP contribution is 2.40. The summed E-state index contributed by atoms with van der Waals surface area (Å²) in [5.74, 6) is -1.52. The monoisotopic (exact) mass is 373 g/mol. The standard InChI is InChI=1S/C20H24FN3O3/c1-10-8-23(6-5-16(10)22)18-11(2)17-13(7-15(18)21)19(25)14(20(26)27)9-24(17)12-3-4-12/h7,9-10,12,16H,3-6,8,22H2,1-2H3,(H,26,27)/t10-,16-/m1/s1. The SMILES string of the molecule is Cc1c(N2CC[C@@H](N)[C@H](C)C2)c(F)cc2c(=O)c(C(=O)O)cn(C3CC3)c12. The molecule has 144 valence electrons. The number of aromatic carboxylic acids is 1. The molecule has 1 saturated carbocycles. The van der Waals surface area contributed by atoms with Gasteiger partial charge < -0.3 is 20.3 Å². The van der Waals surface area contributed by atoms with E-state index >= 15 is 4.39 Å². The van der Waals surface area contributed by atoms with Crippen molar-refractivity contribution in [2.45, 2.75) is 45.2 Å². The fourth-order valence-corrected chi connectivity index (χ4v) is 4.22. The molecule has 1 aliphatic carbocycles. The maximum absolute atomic E-state index is 15.1. The maximum atomic E-state index is 15.1. The average molecular weight is 373 g/mol. The number of carboxylic acid groups (broad SMARTS) is 1. The number of aromatic nitrogens is 1. The number of piperidine rings is 1. The van der Waals surface area contributed by atoms with Crippen LogP contribution < -0.4 is 16.1 Å². The molecule has 2 aliphatic rings. The molecule has 2 atom stereocenters. The number of rotatable bonds is 3. The topological polar surface area (TPSA) is 88.6 Å². The first kappa shape index (κ1) is 18.0. The van der Waals surface area contributed by atoms with Crippen LogP contribution in [0, 0.1) is 18.7 Å². The Kier molecular flexibility index (Phi) is 4.22. The minimum Gasteiger partial charge on any atom is -0.477 e. The number of benzene rings is 1. The van der Waals surface area contributed by atoms with Gasteiger partial charge in [-0.3, -0.25) is 4.79 Å². The van der Waals surface area contributed by atoms with Crippen LogP contribution in [0.2, 0.25) is 0 Å². The number of nitrogens with zero attached hydrogens (tertiary/aromatic N) is 2. The number of fused-ring (bicyclic) bond motifs is 1. The van der Waals surface area contributed by atoms with Gasteiger partial charge in [0, 0.05) is 36.8 Å². The second kappa shape index (κ2) is 6.34. The summed E-state index contributed by atoms with van der Waals surface area (Å²) in [5, 5.41) is 9.52. The summed E-state index contributed by atoms with van der Waals surface area (Å²) in [6.45, 7) is 5.20. The van der Waals surface area contributed by atoms with E-state index in [4.69, 9.17) is 5.73 Å². The maximum Gasteiger partial charge on any atom is 0.341 e. The van der Waals surface area contributed by atoms with E-state index in [1.807, 2.05) is 16.4 Å². The van der Waals surface area contributed by atoms with Crippen molar-refractivity contribution in [2.75, 3.05) is 18.0 Å². The van der Waals surface area contributed by atoms with Gasteiger partial charge in [0.2, 0.25) is 5.43 Å². The molecule has 2 fully saturated rings. The van der Waals surface area contributed by atoms with Crippen LogP contribution in [-0.2, 0) is 0 Å². The van der Waals surface area contributed by atoms with E-state index in [9.17, 15) is 14.7 Å². The van der Waals surface area contributed by atoms with Gasteiger partial charge in [0.1, 0.15) is 11.4 Å². The fraction of sp³-hybridized carbons (Fsp3) is 0.500. The minimum absolute atomic E-state index is 0.104. The molecule has 1 aromatic heterocycles. The van der Waals surface area contributed by atoms with E-state index in [2.05, 4.69) is 6.92 Å². The molecule has 3 N–H and O–H groups in total. The molecule has 2 heterocycles. The van der Waals surface area contributed by atoms with Crippen LogP contribution in [0.5, 0.6) is 0 Å². The molecule has 7 heteroatoms. The molecule has 0 amide bonds. The van der Waals surface area contributed by atoms with Crippen LogP contribution in [0.1, 0.15) is 48.1 Å². The summed E-state index contributed by atoms with van der Waals surface area (Å²) in [4.78, 5) is 26.2. The number of carboxylic acids is 1. The second-order valence-corrected chi connectivity index (χ2v) is 7.92. The van der Waals surface area contributed by atoms with Crippen molar-refractivity contribution in [3.8, 4) is 0 Å². The highest BCUT2D eigenvalue weighted by molar-refractivity contribution is 5.95. The minimum atomic E-state index is -1.28. The first-order chi connectivity index (χ1) is 12.8. The molecule has 1 aromatic carbocycles. The number of nitrogens with two attached hydrogens (primary N) is 1. The second-order valence-electron chi connectivity index (χ2n) is 7.92. The zero-order valence-corrected chi connectivity index (χ0v) is 15.5. The normalized spacial score (nSPS) is 23.0. The molecule has 0 bridgehead atoms. The highest BCUT2D eigenvalue weighted by Gasteiger charge is 2.31. The number of hydrogen-bond acceptors (Lipinski definition) is 4. The van der Waals surface area contributed by atoms with E-state index < -0.39 is 17.2 Å². The Balaban J connectivity index is 1.96. The summed E-state index contributed by atoms with van der Waals surface area (Å²) in [5.41, 5.74) is 7.00. The molecule has 4 rings (SSSR count).